The van der Waals surface area contributed by atoms with Gasteiger partial charge in [-0.3, -0.25) is 14.3 Å². The predicted octanol–water partition coefficient (Wildman–Crippen LogP) is 1.56. The second-order valence-corrected chi connectivity index (χ2v) is 7.60. The molecule has 2 aromatic rings. The van der Waals surface area contributed by atoms with E-state index in [2.05, 4.69) is 15.7 Å². The fourth-order valence-electron chi connectivity index (χ4n) is 4.11. The molecule has 4 rings (SSSR count). The van der Waals surface area contributed by atoms with Crippen LogP contribution in [0.4, 0.5) is 0 Å². The van der Waals surface area contributed by atoms with Crippen molar-refractivity contribution in [3.05, 3.63) is 30.5 Å². The van der Waals surface area contributed by atoms with E-state index < -0.39 is 0 Å². The number of halogens is 1. The van der Waals surface area contributed by atoms with Crippen LogP contribution in [0, 0.1) is 5.92 Å². The topological polar surface area (TPSA) is 79.3 Å². The van der Waals surface area contributed by atoms with E-state index in [1.54, 1.807) is 10.9 Å². The fraction of sp³-hybridized carbons (Fsp3) is 0.550. The van der Waals surface area contributed by atoms with E-state index in [1.165, 1.54) is 0 Å². The van der Waals surface area contributed by atoms with Gasteiger partial charge in [0.15, 0.2) is 0 Å². The summed E-state index contributed by atoms with van der Waals surface area (Å²) in [5.41, 5.74) is 0.982. The van der Waals surface area contributed by atoms with Crippen LogP contribution in [0.15, 0.2) is 30.5 Å². The van der Waals surface area contributed by atoms with Crippen LogP contribution in [0.25, 0.3) is 10.9 Å². The van der Waals surface area contributed by atoms with Crippen LogP contribution in [-0.2, 0) is 16.1 Å². The molecule has 28 heavy (non-hydrogen) atoms. The molecule has 0 saturated carbocycles. The first-order valence-corrected chi connectivity index (χ1v) is 9.90. The maximum absolute atomic E-state index is 12.8. The summed E-state index contributed by atoms with van der Waals surface area (Å²) in [6, 6.07) is 7.88. The number of fused-ring (bicyclic) bond motifs is 1. The molecule has 1 aromatic heterocycles. The van der Waals surface area contributed by atoms with Gasteiger partial charge in [0, 0.05) is 25.0 Å². The van der Waals surface area contributed by atoms with Gasteiger partial charge in [0.25, 0.3) is 0 Å². The third-order valence-corrected chi connectivity index (χ3v) is 5.65. The number of nitrogens with zero attached hydrogens (tertiary/aromatic N) is 3. The van der Waals surface area contributed by atoms with Crippen molar-refractivity contribution in [3.8, 4) is 0 Å². The number of rotatable bonds is 5. The Hall–Kier alpha value is -2.12. The summed E-state index contributed by atoms with van der Waals surface area (Å²) in [7, 11) is 0. The summed E-state index contributed by atoms with van der Waals surface area (Å²) in [4.78, 5) is 26.9. The first-order valence-electron chi connectivity index (χ1n) is 9.90. The highest BCUT2D eigenvalue weighted by Gasteiger charge is 2.26. The second kappa shape index (κ2) is 9.39. The monoisotopic (exact) mass is 405 g/mol. The summed E-state index contributed by atoms with van der Waals surface area (Å²) in [6.45, 7) is 3.32. The zero-order valence-corrected chi connectivity index (χ0v) is 16.8. The third kappa shape index (κ3) is 4.64. The van der Waals surface area contributed by atoms with Crippen LogP contribution in [0.5, 0.6) is 0 Å². The molecule has 8 heteroatoms. The van der Waals surface area contributed by atoms with Gasteiger partial charge < -0.3 is 15.5 Å². The lowest BCUT2D eigenvalue weighted by Gasteiger charge is -2.33. The summed E-state index contributed by atoms with van der Waals surface area (Å²) in [6.07, 6.45) is 5.81. The molecular weight excluding hydrogens is 378 g/mol. The Balaban J connectivity index is 0.00000225. The number of carbonyl (C=O) groups is 2. The van der Waals surface area contributed by atoms with Gasteiger partial charge in [-0.25, -0.2) is 0 Å². The summed E-state index contributed by atoms with van der Waals surface area (Å²) >= 11 is 0. The zero-order valence-electron chi connectivity index (χ0n) is 16.0. The molecule has 2 unspecified atom stereocenters. The molecule has 7 nitrogen and oxygen atoms in total. The molecule has 2 fully saturated rings. The predicted molar refractivity (Wildman–Crippen MR) is 110 cm³/mol. The smallest absolute Gasteiger partial charge is 0.244 e. The summed E-state index contributed by atoms with van der Waals surface area (Å²) < 4.78 is 1.77. The maximum Gasteiger partial charge on any atom is 0.244 e. The normalized spacial score (nSPS) is 22.1. The van der Waals surface area contributed by atoms with Crippen molar-refractivity contribution < 1.29 is 9.59 Å². The van der Waals surface area contributed by atoms with E-state index in [0.717, 1.165) is 49.7 Å². The van der Waals surface area contributed by atoms with Crippen molar-refractivity contribution in [2.75, 3.05) is 26.2 Å². The number of carbonyl (C=O) groups excluding carboxylic acids is 2. The van der Waals surface area contributed by atoms with E-state index >= 15 is 0 Å². The van der Waals surface area contributed by atoms with Gasteiger partial charge in [0.1, 0.15) is 6.54 Å². The van der Waals surface area contributed by atoms with Crippen molar-refractivity contribution in [1.82, 2.24) is 25.3 Å². The standard InChI is InChI=1S/C20H27N5O2.ClH/c26-19(14-25-18-8-2-1-6-16(18)12-23-25)24-10-4-5-15(13-24)11-22-20(27)17-7-3-9-21-17;/h1-2,6,8,12,15,17,21H,3-5,7,9-11,13-14H2,(H,22,27);1H. The lowest BCUT2D eigenvalue weighted by atomic mass is 9.97. The number of piperidine rings is 1. The van der Waals surface area contributed by atoms with Crippen LogP contribution in [0.2, 0.25) is 0 Å². The van der Waals surface area contributed by atoms with E-state index in [-0.39, 0.29) is 36.8 Å². The minimum atomic E-state index is -0.0422. The van der Waals surface area contributed by atoms with Crippen molar-refractivity contribution in [1.29, 1.82) is 0 Å². The van der Waals surface area contributed by atoms with Gasteiger partial charge in [0.2, 0.25) is 11.8 Å². The number of likely N-dealkylation sites (tertiary alicyclic amines) is 1. The summed E-state index contributed by atoms with van der Waals surface area (Å²) in [5, 5.41) is 11.7. The summed E-state index contributed by atoms with van der Waals surface area (Å²) in [5.74, 6) is 0.513. The highest BCUT2D eigenvalue weighted by molar-refractivity contribution is 5.85. The molecule has 2 aliphatic rings. The lowest BCUT2D eigenvalue weighted by Crippen LogP contribution is -2.47. The highest BCUT2D eigenvalue weighted by Crippen LogP contribution is 2.18. The average Bonchev–Trinajstić information content (AvgIpc) is 3.37. The Labute approximate surface area is 171 Å². The first kappa shape index (κ1) is 20.6. The molecule has 2 amide bonds. The van der Waals surface area contributed by atoms with Crippen LogP contribution in [0.1, 0.15) is 25.7 Å². The quantitative estimate of drug-likeness (QED) is 0.791. The van der Waals surface area contributed by atoms with E-state index in [1.807, 2.05) is 29.2 Å². The second-order valence-electron chi connectivity index (χ2n) is 7.60. The van der Waals surface area contributed by atoms with Crippen molar-refractivity contribution in [3.63, 3.8) is 0 Å². The van der Waals surface area contributed by atoms with E-state index in [0.29, 0.717) is 19.0 Å². The number of hydrogen-bond donors (Lipinski definition) is 2. The van der Waals surface area contributed by atoms with E-state index in [9.17, 15) is 9.59 Å². The molecule has 152 valence electrons. The van der Waals surface area contributed by atoms with Crippen LogP contribution < -0.4 is 10.6 Å². The van der Waals surface area contributed by atoms with Crippen LogP contribution >= 0.6 is 12.4 Å². The number of hydrogen-bond acceptors (Lipinski definition) is 4. The Morgan fingerprint density at radius 1 is 1.21 bits per heavy atom. The van der Waals surface area contributed by atoms with Crippen molar-refractivity contribution in [2.45, 2.75) is 38.3 Å². The average molecular weight is 406 g/mol. The Kier molecular flexibility index (Phi) is 6.91. The number of aromatic nitrogens is 2. The molecule has 0 spiro atoms. The van der Waals surface area contributed by atoms with Gasteiger partial charge in [-0.1, -0.05) is 18.2 Å². The molecule has 2 saturated heterocycles. The van der Waals surface area contributed by atoms with Gasteiger partial charge in [-0.15, -0.1) is 12.4 Å². The van der Waals surface area contributed by atoms with E-state index in [4.69, 9.17) is 0 Å². The molecule has 2 N–H and O–H groups in total. The lowest BCUT2D eigenvalue weighted by molar-refractivity contribution is -0.133. The van der Waals surface area contributed by atoms with Crippen LogP contribution in [0.3, 0.4) is 0 Å². The minimum absolute atomic E-state index is 0. The molecule has 2 atom stereocenters. The van der Waals surface area contributed by atoms with Gasteiger partial charge in [-0.2, -0.15) is 5.10 Å². The molecule has 3 heterocycles. The van der Waals surface area contributed by atoms with Crippen molar-refractivity contribution >= 4 is 35.1 Å². The Morgan fingerprint density at radius 2 is 2.07 bits per heavy atom. The minimum Gasteiger partial charge on any atom is -0.354 e. The van der Waals surface area contributed by atoms with Gasteiger partial charge in [-0.05, 0) is 44.2 Å². The molecule has 0 bridgehead atoms. The van der Waals surface area contributed by atoms with Gasteiger partial charge >= 0.3 is 0 Å². The molecule has 0 radical (unpaired) electrons. The first-order chi connectivity index (χ1) is 13.2. The third-order valence-electron chi connectivity index (χ3n) is 5.65. The largest absolute Gasteiger partial charge is 0.354 e. The van der Waals surface area contributed by atoms with Crippen molar-refractivity contribution in [2.24, 2.45) is 5.92 Å². The SMILES string of the molecule is Cl.O=C(NCC1CCCN(C(=O)Cn2ncc3ccccc32)C1)C1CCCN1. The number of amides is 2. The molecule has 1 aromatic carbocycles. The number of benzene rings is 1. The molecular formula is C20H28ClN5O2. The highest BCUT2D eigenvalue weighted by atomic mass is 35.5. The van der Waals surface area contributed by atoms with Crippen LogP contribution in [-0.4, -0.2) is 58.7 Å². The molecule has 0 aliphatic carbocycles. The Morgan fingerprint density at radius 3 is 2.89 bits per heavy atom. The maximum atomic E-state index is 12.8. The zero-order chi connectivity index (χ0) is 18.6. The fourth-order valence-corrected chi connectivity index (χ4v) is 4.11. The van der Waals surface area contributed by atoms with Gasteiger partial charge in [0.05, 0.1) is 17.8 Å². The number of nitrogens with one attached hydrogen (secondary N) is 2. The molecule has 2 aliphatic heterocycles. The Bertz CT molecular complexity index is 818. The number of para-hydroxylation sites is 1.